The summed E-state index contributed by atoms with van der Waals surface area (Å²) in [5.74, 6) is 0.416. The fourth-order valence-corrected chi connectivity index (χ4v) is 2.31. The van der Waals surface area contributed by atoms with Gasteiger partial charge < -0.3 is 15.2 Å². The average molecular weight is 313 g/mol. The van der Waals surface area contributed by atoms with Gasteiger partial charge in [0.15, 0.2) is 6.61 Å². The number of hydrogen-bond donors (Lipinski definition) is 2. The molecular formula is C19H23NO3. The van der Waals surface area contributed by atoms with Gasteiger partial charge in [0.2, 0.25) is 0 Å². The molecule has 0 radical (unpaired) electrons. The Balaban J connectivity index is 1.89. The van der Waals surface area contributed by atoms with Crippen LogP contribution in [-0.2, 0) is 11.2 Å². The molecule has 2 aromatic rings. The molecule has 4 heteroatoms. The topological polar surface area (TPSA) is 58.6 Å². The first kappa shape index (κ1) is 17.0. The van der Waals surface area contributed by atoms with E-state index in [0.29, 0.717) is 12.2 Å². The molecular weight excluding hydrogens is 290 g/mol. The Morgan fingerprint density at radius 1 is 1.13 bits per heavy atom. The first-order valence-corrected chi connectivity index (χ1v) is 7.92. The number of nitrogens with one attached hydrogen (secondary N) is 1. The molecule has 0 aliphatic rings. The van der Waals surface area contributed by atoms with Gasteiger partial charge in [0.05, 0.1) is 6.10 Å². The first-order chi connectivity index (χ1) is 11.1. The molecule has 2 rings (SSSR count). The number of benzene rings is 2. The number of carbonyl (C=O) groups is 1. The number of amides is 1. The molecule has 122 valence electrons. The lowest BCUT2D eigenvalue weighted by molar-refractivity contribution is -0.118. The molecule has 0 saturated carbocycles. The maximum atomic E-state index is 12.0. The van der Waals surface area contributed by atoms with Crippen molar-refractivity contribution in [2.24, 2.45) is 0 Å². The van der Waals surface area contributed by atoms with Crippen LogP contribution < -0.4 is 10.1 Å². The Bertz CT molecular complexity index is 637. The minimum absolute atomic E-state index is 0.0479. The summed E-state index contributed by atoms with van der Waals surface area (Å²) in [7, 11) is 0. The molecule has 0 heterocycles. The van der Waals surface area contributed by atoms with Gasteiger partial charge in [0.1, 0.15) is 5.75 Å². The molecule has 0 aliphatic carbocycles. The van der Waals surface area contributed by atoms with E-state index in [-0.39, 0.29) is 12.5 Å². The largest absolute Gasteiger partial charge is 0.484 e. The minimum Gasteiger partial charge on any atom is -0.484 e. The fraction of sp³-hybridized carbons (Fsp3) is 0.316. The number of ether oxygens (including phenoxy) is 1. The molecule has 0 fully saturated rings. The zero-order valence-electron chi connectivity index (χ0n) is 13.6. The summed E-state index contributed by atoms with van der Waals surface area (Å²) in [4.78, 5) is 12.0. The lowest BCUT2D eigenvalue weighted by atomic mass is 10.1. The highest BCUT2D eigenvalue weighted by Gasteiger charge is 2.08. The minimum atomic E-state index is -0.460. The van der Waals surface area contributed by atoms with Crippen molar-refractivity contribution < 1.29 is 14.6 Å². The summed E-state index contributed by atoms with van der Waals surface area (Å²) < 4.78 is 5.49. The third-order valence-corrected chi connectivity index (χ3v) is 3.69. The highest BCUT2D eigenvalue weighted by Crippen LogP contribution is 2.20. The van der Waals surface area contributed by atoms with Crippen molar-refractivity contribution in [2.75, 3.05) is 11.9 Å². The van der Waals surface area contributed by atoms with Gasteiger partial charge in [-0.2, -0.15) is 0 Å². The van der Waals surface area contributed by atoms with Crippen LogP contribution in [0.5, 0.6) is 5.75 Å². The second-order valence-corrected chi connectivity index (χ2v) is 5.34. The van der Waals surface area contributed by atoms with Crippen molar-refractivity contribution >= 4 is 11.6 Å². The Morgan fingerprint density at radius 3 is 2.48 bits per heavy atom. The van der Waals surface area contributed by atoms with Crippen LogP contribution in [0.3, 0.4) is 0 Å². The van der Waals surface area contributed by atoms with Crippen molar-refractivity contribution in [3.8, 4) is 5.75 Å². The number of anilines is 1. The van der Waals surface area contributed by atoms with Gasteiger partial charge >= 0.3 is 0 Å². The summed E-state index contributed by atoms with van der Waals surface area (Å²) in [5.41, 5.74) is 2.77. The molecule has 1 atom stereocenters. The van der Waals surface area contributed by atoms with Crippen LogP contribution >= 0.6 is 0 Å². The van der Waals surface area contributed by atoms with E-state index in [9.17, 15) is 9.90 Å². The van der Waals surface area contributed by atoms with Crippen LogP contribution in [0.25, 0.3) is 0 Å². The van der Waals surface area contributed by atoms with E-state index in [1.165, 1.54) is 0 Å². The highest BCUT2D eigenvalue weighted by molar-refractivity contribution is 5.92. The van der Waals surface area contributed by atoms with E-state index < -0.39 is 6.10 Å². The van der Waals surface area contributed by atoms with E-state index in [1.54, 1.807) is 12.1 Å². The number of aryl methyl sites for hydroxylation is 1. The van der Waals surface area contributed by atoms with Crippen molar-refractivity contribution in [3.05, 3.63) is 59.7 Å². The van der Waals surface area contributed by atoms with Crippen molar-refractivity contribution in [2.45, 2.75) is 32.8 Å². The summed E-state index contributed by atoms with van der Waals surface area (Å²) >= 11 is 0. The summed E-state index contributed by atoms with van der Waals surface area (Å²) in [6, 6.07) is 14.9. The lowest BCUT2D eigenvalue weighted by Crippen LogP contribution is -2.20. The average Bonchev–Trinajstić information content (AvgIpc) is 2.60. The summed E-state index contributed by atoms with van der Waals surface area (Å²) in [5, 5.41) is 12.6. The zero-order valence-corrected chi connectivity index (χ0v) is 13.6. The number of carbonyl (C=O) groups excluding carboxylic acids is 1. The van der Waals surface area contributed by atoms with Gasteiger partial charge in [0, 0.05) is 5.69 Å². The molecule has 2 aromatic carbocycles. The van der Waals surface area contributed by atoms with E-state index in [1.807, 2.05) is 50.2 Å². The smallest absolute Gasteiger partial charge is 0.262 e. The van der Waals surface area contributed by atoms with Gasteiger partial charge in [0.25, 0.3) is 5.91 Å². The summed E-state index contributed by atoms with van der Waals surface area (Å²) in [6.07, 6.45) is 1.07. The van der Waals surface area contributed by atoms with Crippen LogP contribution in [-0.4, -0.2) is 17.6 Å². The third-order valence-electron chi connectivity index (χ3n) is 3.69. The molecule has 0 aromatic heterocycles. The van der Waals surface area contributed by atoms with Crippen molar-refractivity contribution in [3.63, 3.8) is 0 Å². The highest BCUT2D eigenvalue weighted by atomic mass is 16.5. The Labute approximate surface area is 137 Å². The van der Waals surface area contributed by atoms with Gasteiger partial charge in [-0.05, 0) is 42.2 Å². The van der Waals surface area contributed by atoms with Crippen LogP contribution in [0, 0.1) is 0 Å². The van der Waals surface area contributed by atoms with Gasteiger partial charge in [-0.15, -0.1) is 0 Å². The maximum absolute atomic E-state index is 12.0. The van der Waals surface area contributed by atoms with Crippen LogP contribution in [0.2, 0.25) is 0 Å². The van der Waals surface area contributed by atoms with Crippen molar-refractivity contribution in [1.82, 2.24) is 0 Å². The number of aliphatic hydroxyl groups excluding tert-OH is 1. The number of para-hydroxylation sites is 1. The maximum Gasteiger partial charge on any atom is 0.262 e. The monoisotopic (exact) mass is 313 g/mol. The molecule has 1 unspecified atom stereocenters. The Morgan fingerprint density at radius 2 is 1.83 bits per heavy atom. The Kier molecular flexibility index (Phi) is 6.18. The number of hydrogen-bond acceptors (Lipinski definition) is 3. The number of rotatable bonds is 7. The van der Waals surface area contributed by atoms with Crippen LogP contribution in [0.15, 0.2) is 48.5 Å². The van der Waals surface area contributed by atoms with Crippen LogP contribution in [0.4, 0.5) is 5.69 Å². The van der Waals surface area contributed by atoms with Gasteiger partial charge in [-0.25, -0.2) is 0 Å². The first-order valence-electron chi connectivity index (χ1n) is 7.92. The van der Waals surface area contributed by atoms with Gasteiger partial charge in [-0.3, -0.25) is 4.79 Å². The second kappa shape index (κ2) is 8.34. The molecule has 0 bridgehead atoms. The van der Waals surface area contributed by atoms with E-state index in [0.717, 1.165) is 23.2 Å². The molecule has 23 heavy (non-hydrogen) atoms. The van der Waals surface area contributed by atoms with Crippen molar-refractivity contribution in [1.29, 1.82) is 0 Å². The summed E-state index contributed by atoms with van der Waals surface area (Å²) in [6.45, 7) is 3.93. The molecule has 2 N–H and O–H groups in total. The standard InChI is InChI=1S/C19H23NO3/c1-3-14-7-5-6-8-17(14)20-19(22)13-23-16-11-9-15(10-12-16)18(21)4-2/h5-12,18,21H,3-4,13H2,1-2H3,(H,20,22). The van der Waals surface area contributed by atoms with Gasteiger partial charge in [-0.1, -0.05) is 44.2 Å². The third kappa shape index (κ3) is 4.83. The fourth-order valence-electron chi connectivity index (χ4n) is 2.31. The van der Waals surface area contributed by atoms with E-state index >= 15 is 0 Å². The number of aliphatic hydroxyl groups is 1. The molecule has 0 aliphatic heterocycles. The predicted molar refractivity (Wildman–Crippen MR) is 91.6 cm³/mol. The molecule has 4 nitrogen and oxygen atoms in total. The molecule has 1 amide bonds. The quantitative estimate of drug-likeness (QED) is 0.819. The van der Waals surface area contributed by atoms with Crippen LogP contribution in [0.1, 0.15) is 37.5 Å². The Hall–Kier alpha value is -2.33. The SMILES string of the molecule is CCc1ccccc1NC(=O)COc1ccc(C(O)CC)cc1. The van der Waals surface area contributed by atoms with E-state index in [4.69, 9.17) is 4.74 Å². The molecule has 0 spiro atoms. The predicted octanol–water partition coefficient (Wildman–Crippen LogP) is 3.71. The van der Waals surface area contributed by atoms with E-state index in [2.05, 4.69) is 5.32 Å². The lowest BCUT2D eigenvalue weighted by Gasteiger charge is -2.12. The zero-order chi connectivity index (χ0) is 16.7. The second-order valence-electron chi connectivity index (χ2n) is 5.34. The molecule has 0 saturated heterocycles. The normalized spacial score (nSPS) is 11.8.